The van der Waals surface area contributed by atoms with Gasteiger partial charge in [-0.25, -0.2) is 0 Å². The minimum Gasteiger partial charge on any atom is -0.496 e. The first-order chi connectivity index (χ1) is 11.2. The Hall–Kier alpha value is -1.94. The maximum atomic E-state index is 11.9. The molecule has 0 aliphatic heterocycles. The van der Waals surface area contributed by atoms with Crippen molar-refractivity contribution in [3.63, 3.8) is 0 Å². The van der Waals surface area contributed by atoms with E-state index in [0.29, 0.717) is 12.3 Å². The number of benzene rings is 2. The van der Waals surface area contributed by atoms with Gasteiger partial charge in [0.15, 0.2) is 0 Å². The van der Waals surface area contributed by atoms with Crippen LogP contribution in [0.2, 0.25) is 0 Å². The van der Waals surface area contributed by atoms with E-state index in [1.165, 1.54) is 11.1 Å². The molecule has 2 rings (SSSR count). The summed E-state index contributed by atoms with van der Waals surface area (Å²) in [6, 6.07) is 16.2. The SMILES string of the molecule is COc1ccccc1CCCNC(=O)CSc1ccc(C)cc1. The number of rotatable bonds is 8. The average molecular weight is 329 g/mol. The van der Waals surface area contributed by atoms with Gasteiger partial charge in [-0.1, -0.05) is 35.9 Å². The molecule has 0 saturated heterocycles. The highest BCUT2D eigenvalue weighted by atomic mass is 32.2. The Morgan fingerprint density at radius 2 is 1.87 bits per heavy atom. The van der Waals surface area contributed by atoms with Gasteiger partial charge in [0.25, 0.3) is 0 Å². The standard InChI is InChI=1S/C19H23NO2S/c1-15-9-11-17(12-10-15)23-14-19(21)20-13-5-7-16-6-3-4-8-18(16)22-2/h3-4,6,8-12H,5,7,13-14H2,1-2H3,(H,20,21). The summed E-state index contributed by atoms with van der Waals surface area (Å²) in [5.41, 5.74) is 2.41. The number of carbonyl (C=O) groups is 1. The molecule has 2 aromatic rings. The second-order valence-electron chi connectivity index (χ2n) is 5.37. The topological polar surface area (TPSA) is 38.3 Å². The second kappa shape index (κ2) is 9.26. The van der Waals surface area contributed by atoms with Crippen molar-refractivity contribution in [2.24, 2.45) is 0 Å². The molecule has 0 bridgehead atoms. The van der Waals surface area contributed by atoms with Gasteiger partial charge < -0.3 is 10.1 Å². The molecule has 1 amide bonds. The summed E-state index contributed by atoms with van der Waals surface area (Å²) in [5, 5.41) is 2.97. The lowest BCUT2D eigenvalue weighted by atomic mass is 10.1. The first-order valence-electron chi connectivity index (χ1n) is 7.77. The summed E-state index contributed by atoms with van der Waals surface area (Å²) in [5.74, 6) is 1.45. The van der Waals surface area contributed by atoms with E-state index >= 15 is 0 Å². The summed E-state index contributed by atoms with van der Waals surface area (Å²) >= 11 is 1.57. The molecule has 0 atom stereocenters. The van der Waals surface area contributed by atoms with Crippen molar-refractivity contribution in [3.05, 3.63) is 59.7 Å². The molecule has 0 aromatic heterocycles. The number of aryl methyl sites for hydroxylation is 2. The van der Waals surface area contributed by atoms with E-state index in [4.69, 9.17) is 4.74 Å². The Morgan fingerprint density at radius 1 is 1.13 bits per heavy atom. The number of methoxy groups -OCH3 is 1. The third-order valence-electron chi connectivity index (χ3n) is 3.53. The molecule has 4 heteroatoms. The molecule has 122 valence electrons. The van der Waals surface area contributed by atoms with Crippen molar-refractivity contribution < 1.29 is 9.53 Å². The van der Waals surface area contributed by atoms with Crippen LogP contribution in [0.15, 0.2) is 53.4 Å². The lowest BCUT2D eigenvalue weighted by molar-refractivity contribution is -0.118. The highest BCUT2D eigenvalue weighted by Gasteiger charge is 2.04. The van der Waals surface area contributed by atoms with Gasteiger partial charge in [-0.3, -0.25) is 4.79 Å². The largest absolute Gasteiger partial charge is 0.496 e. The predicted molar refractivity (Wildman–Crippen MR) is 96.2 cm³/mol. The molecule has 0 saturated carbocycles. The molecule has 0 aliphatic rings. The van der Waals surface area contributed by atoms with E-state index < -0.39 is 0 Å². The molecule has 23 heavy (non-hydrogen) atoms. The molecule has 3 nitrogen and oxygen atoms in total. The number of hydrogen-bond donors (Lipinski definition) is 1. The van der Waals surface area contributed by atoms with Gasteiger partial charge in [-0.2, -0.15) is 0 Å². The van der Waals surface area contributed by atoms with Crippen LogP contribution in [-0.4, -0.2) is 25.3 Å². The van der Waals surface area contributed by atoms with Crippen molar-refractivity contribution >= 4 is 17.7 Å². The van der Waals surface area contributed by atoms with Crippen LogP contribution in [0.25, 0.3) is 0 Å². The van der Waals surface area contributed by atoms with Crippen LogP contribution in [0, 0.1) is 6.92 Å². The van der Waals surface area contributed by atoms with Gasteiger partial charge in [-0.15, -0.1) is 11.8 Å². The molecular weight excluding hydrogens is 306 g/mol. The number of carbonyl (C=O) groups excluding carboxylic acids is 1. The summed E-state index contributed by atoms with van der Waals surface area (Å²) < 4.78 is 5.33. The number of hydrogen-bond acceptors (Lipinski definition) is 3. The van der Waals surface area contributed by atoms with Gasteiger partial charge in [0.05, 0.1) is 12.9 Å². The Bertz CT molecular complexity index is 626. The van der Waals surface area contributed by atoms with Crippen molar-refractivity contribution in [1.29, 1.82) is 0 Å². The molecule has 0 unspecified atom stereocenters. The fourth-order valence-electron chi connectivity index (χ4n) is 2.25. The molecule has 0 fully saturated rings. The molecule has 0 spiro atoms. The molecule has 1 N–H and O–H groups in total. The van der Waals surface area contributed by atoms with Crippen molar-refractivity contribution in [3.8, 4) is 5.75 Å². The Morgan fingerprint density at radius 3 is 2.61 bits per heavy atom. The number of para-hydroxylation sites is 1. The highest BCUT2D eigenvalue weighted by Crippen LogP contribution is 2.19. The van der Waals surface area contributed by atoms with Gasteiger partial charge in [0.1, 0.15) is 5.75 Å². The third kappa shape index (κ3) is 5.99. The van der Waals surface area contributed by atoms with Crippen LogP contribution in [0.4, 0.5) is 0 Å². The lowest BCUT2D eigenvalue weighted by Gasteiger charge is -2.09. The Kier molecular flexibility index (Phi) is 7.01. The van der Waals surface area contributed by atoms with Crippen LogP contribution in [0.5, 0.6) is 5.75 Å². The summed E-state index contributed by atoms with van der Waals surface area (Å²) in [6.45, 7) is 2.74. The lowest BCUT2D eigenvalue weighted by Crippen LogP contribution is -2.26. The molecular formula is C19H23NO2S. The average Bonchev–Trinajstić information content (AvgIpc) is 2.58. The monoisotopic (exact) mass is 329 g/mol. The van der Waals surface area contributed by atoms with E-state index in [1.54, 1.807) is 18.9 Å². The zero-order valence-electron chi connectivity index (χ0n) is 13.7. The van der Waals surface area contributed by atoms with Crippen LogP contribution in [0.3, 0.4) is 0 Å². The van der Waals surface area contributed by atoms with Gasteiger partial charge >= 0.3 is 0 Å². The number of thioether (sulfide) groups is 1. The quantitative estimate of drug-likeness (QED) is 0.590. The molecule has 0 aliphatic carbocycles. The maximum Gasteiger partial charge on any atom is 0.230 e. The van der Waals surface area contributed by atoms with Gasteiger partial charge in [-0.05, 0) is 43.5 Å². The van der Waals surface area contributed by atoms with Crippen LogP contribution in [0.1, 0.15) is 17.5 Å². The zero-order chi connectivity index (χ0) is 16.5. The van der Waals surface area contributed by atoms with Crippen LogP contribution >= 0.6 is 11.8 Å². The van der Waals surface area contributed by atoms with Crippen molar-refractivity contribution in [1.82, 2.24) is 5.32 Å². The second-order valence-corrected chi connectivity index (χ2v) is 6.42. The summed E-state index contributed by atoms with van der Waals surface area (Å²) in [7, 11) is 1.68. The first-order valence-corrected chi connectivity index (χ1v) is 8.75. The van der Waals surface area contributed by atoms with Gasteiger partial charge in [0.2, 0.25) is 5.91 Å². The summed E-state index contributed by atoms with van der Waals surface area (Å²) in [4.78, 5) is 13.0. The zero-order valence-corrected chi connectivity index (χ0v) is 14.5. The van der Waals surface area contributed by atoms with Crippen LogP contribution in [-0.2, 0) is 11.2 Å². The maximum absolute atomic E-state index is 11.9. The highest BCUT2D eigenvalue weighted by molar-refractivity contribution is 8.00. The number of amides is 1. The van der Waals surface area contributed by atoms with Crippen molar-refractivity contribution in [2.45, 2.75) is 24.7 Å². The fourth-order valence-corrected chi connectivity index (χ4v) is 2.98. The fraction of sp³-hybridized carbons (Fsp3) is 0.316. The Labute approximate surface area is 142 Å². The van der Waals surface area contributed by atoms with E-state index in [2.05, 4.69) is 42.6 Å². The molecule has 0 heterocycles. The van der Waals surface area contributed by atoms with E-state index in [1.807, 2.05) is 18.2 Å². The minimum absolute atomic E-state index is 0.0793. The molecule has 0 radical (unpaired) electrons. The number of nitrogens with one attached hydrogen (secondary N) is 1. The van der Waals surface area contributed by atoms with E-state index in [-0.39, 0.29) is 5.91 Å². The van der Waals surface area contributed by atoms with Crippen molar-refractivity contribution in [2.75, 3.05) is 19.4 Å². The Balaban J connectivity index is 1.66. The van der Waals surface area contributed by atoms with E-state index in [0.717, 1.165) is 23.5 Å². The summed E-state index contributed by atoms with van der Waals surface area (Å²) in [6.07, 6.45) is 1.80. The third-order valence-corrected chi connectivity index (χ3v) is 4.54. The smallest absolute Gasteiger partial charge is 0.230 e. The molecule has 2 aromatic carbocycles. The first kappa shape index (κ1) is 17.4. The predicted octanol–water partition coefficient (Wildman–Crippen LogP) is 3.84. The number of ether oxygens (including phenoxy) is 1. The van der Waals surface area contributed by atoms with Crippen LogP contribution < -0.4 is 10.1 Å². The minimum atomic E-state index is 0.0793. The van der Waals surface area contributed by atoms with Gasteiger partial charge in [0, 0.05) is 11.4 Å². The van der Waals surface area contributed by atoms with E-state index in [9.17, 15) is 4.79 Å². The normalized spacial score (nSPS) is 10.3.